The van der Waals surface area contributed by atoms with Crippen LogP contribution in [0.4, 0.5) is 5.82 Å². The molecule has 0 aliphatic heterocycles. The molecular weight excluding hydrogens is 390 g/mol. The first-order chi connectivity index (χ1) is 11.8. The lowest BCUT2D eigenvalue weighted by Gasteiger charge is -2.14. The van der Waals surface area contributed by atoms with E-state index in [-0.39, 0.29) is 24.0 Å². The van der Waals surface area contributed by atoms with E-state index in [4.69, 9.17) is 4.74 Å². The predicted octanol–water partition coefficient (Wildman–Crippen LogP) is 2.45. The SMILES string of the molecule is CCOC(=O)c1cnn(C)c1NC(=O)C(C)Cn1nc(C)c(Br)c1C. The first-order valence-electron chi connectivity index (χ1n) is 7.95. The fourth-order valence-corrected chi connectivity index (χ4v) is 2.66. The minimum absolute atomic E-state index is 0.224. The molecule has 1 amide bonds. The quantitative estimate of drug-likeness (QED) is 0.736. The summed E-state index contributed by atoms with van der Waals surface area (Å²) in [6.45, 7) is 8.05. The summed E-state index contributed by atoms with van der Waals surface area (Å²) in [4.78, 5) is 24.5. The third kappa shape index (κ3) is 4.09. The summed E-state index contributed by atoms with van der Waals surface area (Å²) in [5.74, 6) is -0.765. The van der Waals surface area contributed by atoms with E-state index in [0.717, 1.165) is 15.9 Å². The van der Waals surface area contributed by atoms with Crippen molar-refractivity contribution in [3.05, 3.63) is 27.6 Å². The number of rotatable bonds is 6. The summed E-state index contributed by atoms with van der Waals surface area (Å²) in [5, 5.41) is 11.2. The van der Waals surface area contributed by atoms with Crippen molar-refractivity contribution in [2.45, 2.75) is 34.2 Å². The monoisotopic (exact) mass is 411 g/mol. The summed E-state index contributed by atoms with van der Waals surface area (Å²) in [5.41, 5.74) is 2.07. The summed E-state index contributed by atoms with van der Waals surface area (Å²) >= 11 is 3.48. The van der Waals surface area contributed by atoms with Crippen molar-refractivity contribution in [3.8, 4) is 0 Å². The molecule has 0 fully saturated rings. The molecule has 8 nitrogen and oxygen atoms in total. The second-order valence-electron chi connectivity index (χ2n) is 5.81. The largest absolute Gasteiger partial charge is 0.462 e. The number of nitrogens with one attached hydrogen (secondary N) is 1. The van der Waals surface area contributed by atoms with Crippen molar-refractivity contribution in [2.75, 3.05) is 11.9 Å². The van der Waals surface area contributed by atoms with Crippen LogP contribution >= 0.6 is 15.9 Å². The zero-order valence-corrected chi connectivity index (χ0v) is 16.5. The van der Waals surface area contributed by atoms with Gasteiger partial charge in [0.2, 0.25) is 5.91 Å². The number of carbonyl (C=O) groups is 2. The predicted molar refractivity (Wildman–Crippen MR) is 96.4 cm³/mol. The number of esters is 1. The van der Waals surface area contributed by atoms with Gasteiger partial charge in [-0.3, -0.25) is 14.2 Å². The van der Waals surface area contributed by atoms with Gasteiger partial charge in [0, 0.05) is 12.7 Å². The van der Waals surface area contributed by atoms with Gasteiger partial charge in [-0.2, -0.15) is 10.2 Å². The number of hydrogen-bond acceptors (Lipinski definition) is 5. The van der Waals surface area contributed by atoms with E-state index in [0.29, 0.717) is 12.4 Å². The molecule has 1 atom stereocenters. The lowest BCUT2D eigenvalue weighted by molar-refractivity contribution is -0.119. The first-order valence-corrected chi connectivity index (χ1v) is 8.75. The van der Waals surface area contributed by atoms with Gasteiger partial charge in [0.25, 0.3) is 0 Å². The van der Waals surface area contributed by atoms with E-state index in [2.05, 4.69) is 31.4 Å². The Hall–Kier alpha value is -2.16. The Morgan fingerprint density at radius 3 is 2.64 bits per heavy atom. The van der Waals surface area contributed by atoms with Crippen molar-refractivity contribution in [2.24, 2.45) is 13.0 Å². The fraction of sp³-hybridized carbons (Fsp3) is 0.500. The molecule has 2 aromatic rings. The number of nitrogens with zero attached hydrogens (tertiary/aromatic N) is 4. The molecule has 0 radical (unpaired) electrons. The maximum atomic E-state index is 12.5. The van der Waals surface area contributed by atoms with Gasteiger partial charge >= 0.3 is 5.97 Å². The standard InChI is InChI=1S/C16H22BrN5O3/c1-6-25-16(24)12-7-18-21(5)14(12)19-15(23)9(2)8-22-11(4)13(17)10(3)20-22/h7,9H,6,8H2,1-5H3,(H,19,23). The number of ether oxygens (including phenoxy) is 1. The van der Waals surface area contributed by atoms with Crippen molar-refractivity contribution in [3.63, 3.8) is 0 Å². The Labute approximate surface area is 154 Å². The van der Waals surface area contributed by atoms with Gasteiger partial charge in [-0.15, -0.1) is 0 Å². The molecule has 0 aromatic carbocycles. The van der Waals surface area contributed by atoms with Gasteiger partial charge in [0.1, 0.15) is 11.4 Å². The van der Waals surface area contributed by atoms with Crippen molar-refractivity contribution in [1.82, 2.24) is 19.6 Å². The van der Waals surface area contributed by atoms with Crippen LogP contribution < -0.4 is 5.32 Å². The number of amides is 1. The molecule has 0 saturated heterocycles. The molecule has 1 unspecified atom stereocenters. The lowest BCUT2D eigenvalue weighted by Crippen LogP contribution is -2.27. The van der Waals surface area contributed by atoms with Crippen LogP contribution in [0.25, 0.3) is 0 Å². The highest BCUT2D eigenvalue weighted by atomic mass is 79.9. The smallest absolute Gasteiger partial charge is 0.343 e. The minimum atomic E-state index is -0.513. The Bertz CT molecular complexity index is 796. The van der Waals surface area contributed by atoms with Crippen LogP contribution in [-0.4, -0.2) is 38.0 Å². The molecule has 2 rings (SSSR count). The third-order valence-corrected chi connectivity index (χ3v) is 5.01. The van der Waals surface area contributed by atoms with Crippen LogP contribution in [0.1, 0.15) is 35.6 Å². The molecule has 2 aromatic heterocycles. The maximum Gasteiger partial charge on any atom is 0.343 e. The topological polar surface area (TPSA) is 91.0 Å². The van der Waals surface area contributed by atoms with Crippen molar-refractivity contribution < 1.29 is 14.3 Å². The van der Waals surface area contributed by atoms with Crippen LogP contribution in [-0.2, 0) is 23.1 Å². The van der Waals surface area contributed by atoms with Gasteiger partial charge in [-0.1, -0.05) is 6.92 Å². The second-order valence-corrected chi connectivity index (χ2v) is 6.60. The van der Waals surface area contributed by atoms with E-state index in [9.17, 15) is 9.59 Å². The molecule has 25 heavy (non-hydrogen) atoms. The van der Waals surface area contributed by atoms with Crippen LogP contribution in [0.15, 0.2) is 10.7 Å². The number of aryl methyl sites for hydroxylation is 2. The Balaban J connectivity index is 2.12. The highest BCUT2D eigenvalue weighted by Crippen LogP contribution is 2.21. The third-order valence-electron chi connectivity index (χ3n) is 3.86. The van der Waals surface area contributed by atoms with Crippen LogP contribution in [0, 0.1) is 19.8 Å². The Morgan fingerprint density at radius 2 is 2.08 bits per heavy atom. The highest BCUT2D eigenvalue weighted by molar-refractivity contribution is 9.10. The number of halogens is 1. The average Bonchev–Trinajstić information content (AvgIpc) is 3.03. The summed E-state index contributed by atoms with van der Waals surface area (Å²) in [6.07, 6.45) is 1.39. The highest BCUT2D eigenvalue weighted by Gasteiger charge is 2.22. The van der Waals surface area contributed by atoms with Crippen molar-refractivity contribution in [1.29, 1.82) is 0 Å². The van der Waals surface area contributed by atoms with Gasteiger partial charge in [-0.05, 0) is 36.7 Å². The van der Waals surface area contributed by atoms with Crippen molar-refractivity contribution >= 4 is 33.6 Å². The summed E-state index contributed by atoms with van der Waals surface area (Å²) < 4.78 is 9.16. The first kappa shape index (κ1) is 19.2. The second kappa shape index (κ2) is 7.81. The van der Waals surface area contributed by atoms with Gasteiger partial charge in [0.05, 0.1) is 35.4 Å². The van der Waals surface area contributed by atoms with E-state index in [1.165, 1.54) is 10.9 Å². The molecule has 0 aliphatic rings. The number of hydrogen-bond donors (Lipinski definition) is 1. The Morgan fingerprint density at radius 1 is 1.40 bits per heavy atom. The van der Waals surface area contributed by atoms with E-state index >= 15 is 0 Å². The fourth-order valence-electron chi connectivity index (χ4n) is 2.38. The zero-order valence-electron chi connectivity index (χ0n) is 15.0. The van der Waals surface area contributed by atoms with Gasteiger partial charge in [0.15, 0.2) is 0 Å². The molecule has 1 N–H and O–H groups in total. The number of aromatic nitrogens is 4. The van der Waals surface area contributed by atoms with Crippen LogP contribution in [0.3, 0.4) is 0 Å². The summed E-state index contributed by atoms with van der Waals surface area (Å²) in [7, 11) is 1.65. The maximum absolute atomic E-state index is 12.5. The van der Waals surface area contributed by atoms with Crippen LogP contribution in [0.2, 0.25) is 0 Å². The Kier molecular flexibility index (Phi) is 5.99. The van der Waals surface area contributed by atoms with E-state index < -0.39 is 5.97 Å². The molecule has 9 heteroatoms. The van der Waals surface area contributed by atoms with Crippen LogP contribution in [0.5, 0.6) is 0 Å². The molecule has 0 spiro atoms. The van der Waals surface area contributed by atoms with Gasteiger partial charge < -0.3 is 10.1 Å². The van der Waals surface area contributed by atoms with E-state index in [1.807, 2.05) is 13.8 Å². The lowest BCUT2D eigenvalue weighted by atomic mass is 10.1. The normalized spacial score (nSPS) is 12.1. The van der Waals surface area contributed by atoms with E-state index in [1.54, 1.807) is 25.6 Å². The van der Waals surface area contributed by atoms with Gasteiger partial charge in [-0.25, -0.2) is 4.79 Å². The molecule has 0 bridgehead atoms. The number of carbonyl (C=O) groups excluding carboxylic acids is 2. The molecular formula is C16H22BrN5O3. The zero-order chi connectivity index (χ0) is 18.7. The minimum Gasteiger partial charge on any atom is -0.462 e. The molecule has 0 saturated carbocycles. The average molecular weight is 412 g/mol. The molecule has 2 heterocycles. The molecule has 136 valence electrons. The summed E-state index contributed by atoms with van der Waals surface area (Å²) in [6, 6.07) is 0. The number of anilines is 1. The molecule has 0 aliphatic carbocycles.